The van der Waals surface area contributed by atoms with E-state index in [0.29, 0.717) is 0 Å². The van der Waals surface area contributed by atoms with Crippen LogP contribution in [0, 0.1) is 20.2 Å². The Labute approximate surface area is 87.5 Å². The van der Waals surface area contributed by atoms with Crippen molar-refractivity contribution in [3.8, 4) is 0 Å². The summed E-state index contributed by atoms with van der Waals surface area (Å²) >= 11 is 0. The van der Waals surface area contributed by atoms with Gasteiger partial charge in [0.05, 0.1) is 0 Å². The van der Waals surface area contributed by atoms with Crippen LogP contribution in [0.5, 0.6) is 0 Å². The summed E-state index contributed by atoms with van der Waals surface area (Å²) in [6.07, 6.45) is -0.848. The molecule has 0 aromatic heterocycles. The highest BCUT2D eigenvalue weighted by molar-refractivity contribution is 5.70. The number of alkyl carbamates (subject to hydrolysis) is 1. The van der Waals surface area contributed by atoms with Gasteiger partial charge in [-0.1, -0.05) is 0 Å². The molecule has 11 nitrogen and oxygen atoms in total. The summed E-state index contributed by atoms with van der Waals surface area (Å²) in [6, 6.07) is 0. The van der Waals surface area contributed by atoms with Gasteiger partial charge in [-0.3, -0.25) is 0 Å². The van der Waals surface area contributed by atoms with Gasteiger partial charge in [0.2, 0.25) is 0 Å². The van der Waals surface area contributed by atoms with Gasteiger partial charge in [0.1, 0.15) is 25.4 Å². The molecule has 0 saturated carbocycles. The van der Waals surface area contributed by atoms with E-state index in [4.69, 9.17) is 0 Å². The van der Waals surface area contributed by atoms with Crippen molar-refractivity contribution in [1.29, 1.82) is 0 Å². The van der Waals surface area contributed by atoms with Gasteiger partial charge in [-0.05, 0) is 0 Å². The molecule has 0 bridgehead atoms. The van der Waals surface area contributed by atoms with Gasteiger partial charge in [-0.2, -0.15) is 0 Å². The lowest BCUT2D eigenvalue weighted by atomic mass is 10.1. The fraction of sp³-hybridized carbons (Fsp3) is 0.800. The first kappa shape index (κ1) is 11.7. The average Bonchev–Trinajstić information content (AvgIpc) is 2.55. The lowest BCUT2D eigenvalue weighted by Crippen LogP contribution is -2.52. The van der Waals surface area contributed by atoms with Gasteiger partial charge in [0, 0.05) is 0 Å². The van der Waals surface area contributed by atoms with E-state index in [9.17, 15) is 25.0 Å². The highest BCUT2D eigenvalue weighted by atomic mass is 17.0. The Kier molecular flexibility index (Phi) is 3.27. The Bertz CT molecular complexity index is 299. The standard InChI is InChI=1S/C5H7N3O8/c9-4-6-5(1-14-4,2-15-7(10)11)3-16-8(12)13/h1-3H2,(H,6,9). The zero-order chi connectivity index (χ0) is 12.2. The molecule has 0 unspecified atom stereocenters. The Morgan fingerprint density at radius 1 is 1.31 bits per heavy atom. The summed E-state index contributed by atoms with van der Waals surface area (Å²) in [5.41, 5.74) is -1.42. The second-order valence-corrected chi connectivity index (χ2v) is 2.98. The molecule has 0 atom stereocenters. The molecule has 1 fully saturated rings. The quantitative estimate of drug-likeness (QED) is 0.452. The molecule has 0 aromatic rings. The molecule has 1 amide bonds. The Morgan fingerprint density at radius 3 is 2.12 bits per heavy atom. The number of carbonyl (C=O) groups excluding carboxylic acids is 1. The second kappa shape index (κ2) is 4.46. The van der Waals surface area contributed by atoms with Gasteiger partial charge in [0.25, 0.3) is 10.2 Å². The number of nitrogens with one attached hydrogen (secondary N) is 1. The van der Waals surface area contributed by atoms with E-state index in [1.165, 1.54) is 0 Å². The minimum absolute atomic E-state index is 0.312. The molecule has 1 N–H and O–H groups in total. The number of ether oxygens (including phenoxy) is 1. The third kappa shape index (κ3) is 3.11. The molecule has 90 valence electrons. The van der Waals surface area contributed by atoms with Crippen LogP contribution in [-0.2, 0) is 14.4 Å². The van der Waals surface area contributed by atoms with Crippen LogP contribution in [0.2, 0.25) is 0 Å². The van der Waals surface area contributed by atoms with Crippen LogP contribution in [-0.4, -0.2) is 41.6 Å². The first-order valence-electron chi connectivity index (χ1n) is 3.93. The third-order valence-corrected chi connectivity index (χ3v) is 1.74. The van der Waals surface area contributed by atoms with E-state index in [-0.39, 0.29) is 6.61 Å². The minimum atomic E-state index is -1.42. The Balaban J connectivity index is 2.57. The molecular formula is C5H7N3O8. The number of hydrogen-bond donors (Lipinski definition) is 1. The Hall–Kier alpha value is -2.33. The zero-order valence-electron chi connectivity index (χ0n) is 7.78. The fourth-order valence-corrected chi connectivity index (χ4v) is 1.04. The van der Waals surface area contributed by atoms with E-state index < -0.39 is 35.0 Å². The summed E-state index contributed by atoms with van der Waals surface area (Å²) in [6.45, 7) is -1.51. The minimum Gasteiger partial charge on any atom is -0.447 e. The van der Waals surface area contributed by atoms with Gasteiger partial charge < -0.3 is 19.7 Å². The van der Waals surface area contributed by atoms with Crippen molar-refractivity contribution in [2.24, 2.45) is 0 Å². The molecule has 16 heavy (non-hydrogen) atoms. The number of amides is 1. The molecule has 11 heteroatoms. The van der Waals surface area contributed by atoms with Crippen molar-refractivity contribution in [1.82, 2.24) is 5.32 Å². The van der Waals surface area contributed by atoms with Crippen LogP contribution >= 0.6 is 0 Å². The topological polar surface area (TPSA) is 143 Å². The summed E-state index contributed by atoms with van der Waals surface area (Å²) < 4.78 is 4.48. The number of nitrogens with zero attached hydrogens (tertiary/aromatic N) is 2. The van der Waals surface area contributed by atoms with Crippen LogP contribution in [0.15, 0.2) is 0 Å². The average molecular weight is 237 g/mol. The van der Waals surface area contributed by atoms with Crippen LogP contribution in [0.4, 0.5) is 4.79 Å². The van der Waals surface area contributed by atoms with Crippen molar-refractivity contribution < 1.29 is 29.4 Å². The SMILES string of the molecule is O=C1NC(CO[N+](=O)[O-])(CO[N+](=O)[O-])CO1. The number of rotatable bonds is 6. The van der Waals surface area contributed by atoms with Crippen molar-refractivity contribution in [2.75, 3.05) is 19.8 Å². The van der Waals surface area contributed by atoms with Crippen LogP contribution in [0.3, 0.4) is 0 Å². The maximum atomic E-state index is 10.8. The fourth-order valence-electron chi connectivity index (χ4n) is 1.04. The van der Waals surface area contributed by atoms with Crippen molar-refractivity contribution in [2.45, 2.75) is 5.54 Å². The second-order valence-electron chi connectivity index (χ2n) is 2.98. The third-order valence-electron chi connectivity index (χ3n) is 1.74. The molecule has 1 aliphatic rings. The van der Waals surface area contributed by atoms with Crippen LogP contribution < -0.4 is 5.32 Å². The van der Waals surface area contributed by atoms with E-state index >= 15 is 0 Å². The van der Waals surface area contributed by atoms with Crippen molar-refractivity contribution >= 4 is 6.09 Å². The molecular weight excluding hydrogens is 230 g/mol. The van der Waals surface area contributed by atoms with Gasteiger partial charge in [0.15, 0.2) is 0 Å². The van der Waals surface area contributed by atoms with E-state index in [1.807, 2.05) is 0 Å². The summed E-state index contributed by atoms with van der Waals surface area (Å²) in [7, 11) is 0. The van der Waals surface area contributed by atoms with Crippen LogP contribution in [0.25, 0.3) is 0 Å². The van der Waals surface area contributed by atoms with Gasteiger partial charge in [-0.15, -0.1) is 20.2 Å². The predicted octanol–water partition coefficient (Wildman–Crippen LogP) is -1.12. The molecule has 1 heterocycles. The predicted molar refractivity (Wildman–Crippen MR) is 43.1 cm³/mol. The van der Waals surface area contributed by atoms with Crippen molar-refractivity contribution in [3.63, 3.8) is 0 Å². The van der Waals surface area contributed by atoms with Crippen molar-refractivity contribution in [3.05, 3.63) is 20.2 Å². The highest BCUT2D eigenvalue weighted by Crippen LogP contribution is 2.14. The maximum Gasteiger partial charge on any atom is 0.407 e. The first-order valence-corrected chi connectivity index (χ1v) is 3.93. The molecule has 1 saturated heterocycles. The number of carbonyl (C=O) groups is 1. The number of cyclic esters (lactones) is 1. The van der Waals surface area contributed by atoms with E-state index in [0.717, 1.165) is 0 Å². The molecule has 0 spiro atoms. The maximum absolute atomic E-state index is 10.8. The molecule has 0 radical (unpaired) electrons. The van der Waals surface area contributed by atoms with Gasteiger partial charge >= 0.3 is 6.09 Å². The van der Waals surface area contributed by atoms with Gasteiger partial charge in [-0.25, -0.2) is 4.79 Å². The summed E-state index contributed by atoms with van der Waals surface area (Å²) in [4.78, 5) is 38.8. The molecule has 0 aliphatic carbocycles. The smallest absolute Gasteiger partial charge is 0.407 e. The van der Waals surface area contributed by atoms with E-state index in [1.54, 1.807) is 0 Å². The molecule has 1 aliphatic heterocycles. The molecule has 1 rings (SSSR count). The Morgan fingerprint density at radius 2 is 1.81 bits per heavy atom. The number of hydrogen-bond acceptors (Lipinski definition) is 8. The normalized spacial score (nSPS) is 17.1. The highest BCUT2D eigenvalue weighted by Gasteiger charge is 2.42. The zero-order valence-corrected chi connectivity index (χ0v) is 7.78. The van der Waals surface area contributed by atoms with Crippen LogP contribution in [0.1, 0.15) is 0 Å². The lowest BCUT2D eigenvalue weighted by Gasteiger charge is -2.23. The summed E-state index contributed by atoms with van der Waals surface area (Å²) in [5, 5.41) is 19.9. The lowest BCUT2D eigenvalue weighted by molar-refractivity contribution is -0.769. The summed E-state index contributed by atoms with van der Waals surface area (Å²) in [5.74, 6) is 0. The molecule has 0 aromatic carbocycles. The van der Waals surface area contributed by atoms with E-state index in [2.05, 4.69) is 19.7 Å². The monoisotopic (exact) mass is 237 g/mol. The largest absolute Gasteiger partial charge is 0.447 e. The first-order chi connectivity index (χ1) is 7.43.